The van der Waals surface area contributed by atoms with E-state index >= 15 is 0 Å². The molecule has 0 aromatic carbocycles. The molecule has 0 amide bonds. The molecule has 0 aromatic rings. The van der Waals surface area contributed by atoms with E-state index in [0.29, 0.717) is 5.92 Å². The van der Waals surface area contributed by atoms with E-state index in [1.807, 2.05) is 6.92 Å². The average molecular weight is 99.2 g/mol. The van der Waals surface area contributed by atoms with Crippen LogP contribution in [-0.4, -0.2) is 11.7 Å². The molecule has 0 aliphatic heterocycles. The number of hydrogen-bond donors (Lipinski definition) is 1. The summed E-state index contributed by atoms with van der Waals surface area (Å²) in [7, 11) is 0. The van der Waals surface area contributed by atoms with Crippen molar-refractivity contribution in [1.29, 1.82) is 0 Å². The van der Waals surface area contributed by atoms with Crippen LogP contribution < -0.4 is 0 Å². The molecule has 1 atom stereocenters. The highest BCUT2D eigenvalue weighted by atomic mass is 16.2. The summed E-state index contributed by atoms with van der Waals surface area (Å²) in [5.41, 5.74) is 0. The summed E-state index contributed by atoms with van der Waals surface area (Å²) in [5, 5.41) is 8.29. The van der Waals surface area contributed by atoms with Crippen molar-refractivity contribution in [2.75, 3.05) is 6.61 Å². The van der Waals surface area contributed by atoms with Crippen LogP contribution >= 0.6 is 0 Å². The van der Waals surface area contributed by atoms with Gasteiger partial charge in [-0.25, -0.2) is 0 Å². The van der Waals surface area contributed by atoms with E-state index in [0.717, 1.165) is 6.42 Å². The van der Waals surface area contributed by atoms with Crippen LogP contribution in [0.2, 0.25) is 0 Å². The summed E-state index contributed by atoms with van der Waals surface area (Å²) in [6.45, 7) is 7.32. The van der Waals surface area contributed by atoms with Crippen LogP contribution in [-0.2, 0) is 0 Å². The van der Waals surface area contributed by atoms with Crippen LogP contribution in [0, 0.1) is 12.5 Å². The average Bonchev–Trinajstić information content (AvgIpc) is 1.68. The van der Waals surface area contributed by atoms with Gasteiger partial charge in [0.25, 0.3) is 0 Å². The molecule has 0 aliphatic rings. The minimum atomic E-state index is 0.231. The highest BCUT2D eigenvalue weighted by Crippen LogP contribution is 1.98. The second kappa shape index (κ2) is 3.88. The van der Waals surface area contributed by atoms with Gasteiger partial charge in [-0.05, 0) is 12.3 Å². The van der Waals surface area contributed by atoms with E-state index in [-0.39, 0.29) is 6.61 Å². The molecule has 0 aromatic heterocycles. The molecule has 0 saturated carbocycles. The fourth-order valence-corrected chi connectivity index (χ4v) is 0.300. The van der Waals surface area contributed by atoms with Crippen molar-refractivity contribution in [3.8, 4) is 0 Å². The van der Waals surface area contributed by atoms with Crippen LogP contribution in [0.4, 0.5) is 0 Å². The van der Waals surface area contributed by atoms with Gasteiger partial charge in [0.2, 0.25) is 0 Å². The molecule has 1 N–H and O–H groups in total. The summed E-state index contributed by atoms with van der Waals surface area (Å²) in [4.78, 5) is 0. The Morgan fingerprint density at radius 3 is 2.57 bits per heavy atom. The van der Waals surface area contributed by atoms with E-state index in [9.17, 15) is 0 Å². The van der Waals surface area contributed by atoms with Gasteiger partial charge in [-0.3, -0.25) is 0 Å². The van der Waals surface area contributed by atoms with E-state index in [4.69, 9.17) is 11.7 Å². The monoisotopic (exact) mass is 99.1 g/mol. The lowest BCUT2D eigenvalue weighted by Gasteiger charge is -1.97. The molecule has 0 heterocycles. The molecule has 7 heavy (non-hydrogen) atoms. The lowest BCUT2D eigenvalue weighted by atomic mass is 10.1. The molecule has 0 fully saturated rings. The second-order valence-corrected chi connectivity index (χ2v) is 1.68. The first-order chi connectivity index (χ1) is 3.31. The fraction of sp³-hybridized carbons (Fsp3) is 0.667. The minimum absolute atomic E-state index is 0.231. The highest BCUT2D eigenvalue weighted by Gasteiger charge is 1.90. The van der Waals surface area contributed by atoms with Crippen molar-refractivity contribution in [2.24, 2.45) is 5.92 Å². The molecule has 0 saturated heterocycles. The van der Waals surface area contributed by atoms with Gasteiger partial charge in [0.1, 0.15) is 0 Å². The minimum Gasteiger partial charge on any atom is -0.396 e. The molecule has 1 unspecified atom stereocenters. The lowest BCUT2D eigenvalue weighted by molar-refractivity contribution is 0.274. The van der Waals surface area contributed by atoms with Gasteiger partial charge in [-0.1, -0.05) is 19.6 Å². The van der Waals surface area contributed by atoms with Gasteiger partial charge < -0.3 is 5.11 Å². The Balaban J connectivity index is 2.98. The summed E-state index contributed by atoms with van der Waals surface area (Å²) in [5.74, 6) is 0.352. The van der Waals surface area contributed by atoms with Crippen molar-refractivity contribution in [3.05, 3.63) is 12.7 Å². The summed E-state index contributed by atoms with van der Waals surface area (Å²) in [6.07, 6.45) is 2.37. The molecule has 1 nitrogen and oxygen atoms in total. The quantitative estimate of drug-likeness (QED) is 0.559. The molecule has 0 rings (SSSR count). The smallest absolute Gasteiger partial charge is 0.0436 e. The molecular formula is C6H11O. The zero-order chi connectivity index (χ0) is 5.70. The lowest BCUT2D eigenvalue weighted by Crippen LogP contribution is -1.91. The molecule has 41 valence electrons. The normalized spacial score (nSPS) is 13.4. The molecular weight excluding hydrogens is 88.1 g/mol. The third-order valence-electron chi connectivity index (χ3n) is 0.913. The zero-order valence-electron chi connectivity index (χ0n) is 4.59. The maximum atomic E-state index is 8.29. The summed E-state index contributed by atoms with van der Waals surface area (Å²) in [6, 6.07) is 0. The number of allylic oxidation sites excluding steroid dienone is 1. The van der Waals surface area contributed by atoms with Crippen molar-refractivity contribution in [3.63, 3.8) is 0 Å². The van der Waals surface area contributed by atoms with Gasteiger partial charge in [0.15, 0.2) is 0 Å². The summed E-state index contributed by atoms with van der Waals surface area (Å²) >= 11 is 0. The number of aliphatic hydroxyl groups is 1. The van der Waals surface area contributed by atoms with Gasteiger partial charge >= 0.3 is 0 Å². The van der Waals surface area contributed by atoms with Crippen molar-refractivity contribution in [1.82, 2.24) is 0 Å². The van der Waals surface area contributed by atoms with Crippen LogP contribution in [0.15, 0.2) is 6.08 Å². The van der Waals surface area contributed by atoms with Crippen molar-refractivity contribution in [2.45, 2.75) is 13.3 Å². The Morgan fingerprint density at radius 2 is 2.43 bits per heavy atom. The van der Waals surface area contributed by atoms with Crippen molar-refractivity contribution < 1.29 is 5.11 Å². The topological polar surface area (TPSA) is 20.2 Å². The first-order valence-corrected chi connectivity index (χ1v) is 2.47. The van der Waals surface area contributed by atoms with E-state index < -0.39 is 0 Å². The predicted molar refractivity (Wildman–Crippen MR) is 29.7 cm³/mol. The van der Waals surface area contributed by atoms with Crippen LogP contribution in [0.3, 0.4) is 0 Å². The first kappa shape index (κ1) is 6.70. The largest absolute Gasteiger partial charge is 0.396 e. The predicted octanol–water partition coefficient (Wildman–Crippen LogP) is 0.994. The standard InChI is InChI=1S/C6H11O/c1-3-6(2)4-5-7/h1,3,6-7H,4-5H2,2H3. The van der Waals surface area contributed by atoms with Gasteiger partial charge in [0.05, 0.1) is 0 Å². The Morgan fingerprint density at radius 1 is 1.86 bits per heavy atom. The van der Waals surface area contributed by atoms with Gasteiger partial charge in [-0.2, -0.15) is 0 Å². The maximum absolute atomic E-state index is 8.29. The van der Waals surface area contributed by atoms with Gasteiger partial charge in [0, 0.05) is 6.61 Å². The number of hydrogen-bond acceptors (Lipinski definition) is 1. The van der Waals surface area contributed by atoms with Crippen LogP contribution in [0.25, 0.3) is 0 Å². The molecule has 0 aliphatic carbocycles. The Kier molecular flexibility index (Phi) is 3.71. The van der Waals surface area contributed by atoms with Crippen LogP contribution in [0.5, 0.6) is 0 Å². The molecule has 1 radical (unpaired) electrons. The molecule has 0 bridgehead atoms. The number of aliphatic hydroxyl groups excluding tert-OH is 1. The molecule has 0 spiro atoms. The highest BCUT2D eigenvalue weighted by molar-refractivity contribution is 4.70. The number of rotatable bonds is 3. The van der Waals surface area contributed by atoms with Gasteiger partial charge in [-0.15, -0.1) is 0 Å². The Hall–Kier alpha value is -0.300. The third-order valence-corrected chi connectivity index (χ3v) is 0.913. The van der Waals surface area contributed by atoms with E-state index in [1.165, 1.54) is 0 Å². The summed E-state index contributed by atoms with van der Waals surface area (Å²) < 4.78 is 0. The third kappa shape index (κ3) is 3.53. The van der Waals surface area contributed by atoms with E-state index in [2.05, 4.69) is 0 Å². The zero-order valence-corrected chi connectivity index (χ0v) is 4.59. The maximum Gasteiger partial charge on any atom is 0.0436 e. The molecule has 1 heteroatoms. The SMILES string of the molecule is [CH]=CC(C)CCO. The second-order valence-electron chi connectivity index (χ2n) is 1.68. The van der Waals surface area contributed by atoms with Crippen LogP contribution in [0.1, 0.15) is 13.3 Å². The first-order valence-electron chi connectivity index (χ1n) is 2.47. The Labute approximate surface area is 44.7 Å². The Bertz CT molecular complexity index is 50.1. The fourth-order valence-electron chi connectivity index (χ4n) is 0.300. The van der Waals surface area contributed by atoms with E-state index in [1.54, 1.807) is 6.08 Å². The van der Waals surface area contributed by atoms with Crippen molar-refractivity contribution >= 4 is 0 Å².